The molecular formula is C16H28N4O2. The molecule has 0 amide bonds. The fraction of sp³-hybridized carbons (Fsp3) is 0.875. The summed E-state index contributed by atoms with van der Waals surface area (Å²) in [6, 6.07) is 0. The molecule has 0 N–H and O–H groups in total. The van der Waals surface area contributed by atoms with Crippen LogP contribution in [0.3, 0.4) is 0 Å². The lowest BCUT2D eigenvalue weighted by molar-refractivity contribution is 0.0994. The Kier molecular flexibility index (Phi) is 4.80. The van der Waals surface area contributed by atoms with Gasteiger partial charge >= 0.3 is 0 Å². The summed E-state index contributed by atoms with van der Waals surface area (Å²) < 4.78 is 10.9. The molecule has 0 radical (unpaired) electrons. The lowest BCUT2D eigenvalue weighted by atomic mass is 9.96. The van der Waals surface area contributed by atoms with Gasteiger partial charge in [0.1, 0.15) is 0 Å². The molecule has 124 valence electrons. The Morgan fingerprint density at radius 1 is 1.14 bits per heavy atom. The van der Waals surface area contributed by atoms with Crippen LogP contribution >= 0.6 is 0 Å². The predicted octanol–water partition coefficient (Wildman–Crippen LogP) is 1.52. The van der Waals surface area contributed by atoms with Crippen molar-refractivity contribution in [3.63, 3.8) is 0 Å². The lowest BCUT2D eigenvalue weighted by Crippen LogP contribution is -2.47. The molecule has 0 aliphatic carbocycles. The second-order valence-corrected chi connectivity index (χ2v) is 7.57. The van der Waals surface area contributed by atoms with Crippen LogP contribution in [0.25, 0.3) is 0 Å². The molecule has 2 fully saturated rings. The molecule has 1 atom stereocenters. The fourth-order valence-electron chi connectivity index (χ4n) is 3.04. The van der Waals surface area contributed by atoms with E-state index >= 15 is 0 Å². The molecule has 3 rings (SSSR count). The zero-order chi connectivity index (χ0) is 15.6. The fourth-order valence-corrected chi connectivity index (χ4v) is 3.04. The minimum Gasteiger partial charge on any atom is -0.381 e. The smallest absolute Gasteiger partial charge is 0.240 e. The summed E-state index contributed by atoms with van der Waals surface area (Å²) in [5, 5.41) is 4.10. The van der Waals surface area contributed by atoms with Crippen LogP contribution in [-0.4, -0.2) is 65.9 Å². The highest BCUT2D eigenvalue weighted by atomic mass is 16.5. The molecule has 2 aliphatic heterocycles. The van der Waals surface area contributed by atoms with Gasteiger partial charge in [0.25, 0.3) is 0 Å². The highest BCUT2D eigenvalue weighted by molar-refractivity contribution is 5.00. The van der Waals surface area contributed by atoms with E-state index in [0.717, 1.165) is 63.6 Å². The number of piperazine rings is 1. The van der Waals surface area contributed by atoms with Crippen molar-refractivity contribution in [3.05, 3.63) is 11.7 Å². The van der Waals surface area contributed by atoms with E-state index < -0.39 is 0 Å². The molecule has 1 aromatic heterocycles. The largest absolute Gasteiger partial charge is 0.381 e. The van der Waals surface area contributed by atoms with Crippen LogP contribution in [0, 0.1) is 5.92 Å². The number of nitrogens with zero attached hydrogens (tertiary/aromatic N) is 4. The SMILES string of the molecule is CC(C)(C)c1noc(CN2CCN(CC3CCOC3)CC2)n1. The first-order chi connectivity index (χ1) is 10.5. The Morgan fingerprint density at radius 2 is 1.86 bits per heavy atom. The molecule has 1 unspecified atom stereocenters. The Labute approximate surface area is 132 Å². The zero-order valence-electron chi connectivity index (χ0n) is 14.0. The quantitative estimate of drug-likeness (QED) is 0.840. The van der Waals surface area contributed by atoms with Gasteiger partial charge in [0.05, 0.1) is 13.2 Å². The van der Waals surface area contributed by atoms with Gasteiger partial charge in [0.2, 0.25) is 5.89 Å². The first kappa shape index (κ1) is 15.9. The molecule has 3 heterocycles. The van der Waals surface area contributed by atoms with Crippen molar-refractivity contribution in [1.29, 1.82) is 0 Å². The molecule has 6 nitrogen and oxygen atoms in total. The highest BCUT2D eigenvalue weighted by Crippen LogP contribution is 2.19. The maximum Gasteiger partial charge on any atom is 0.240 e. The third kappa shape index (κ3) is 4.06. The van der Waals surface area contributed by atoms with Crippen molar-refractivity contribution in [2.24, 2.45) is 5.92 Å². The van der Waals surface area contributed by atoms with Crippen LogP contribution in [0.4, 0.5) is 0 Å². The Bertz CT molecular complexity index is 469. The molecule has 2 aliphatic rings. The maximum atomic E-state index is 5.46. The van der Waals surface area contributed by atoms with Crippen LogP contribution in [0.1, 0.15) is 38.9 Å². The second kappa shape index (κ2) is 6.64. The summed E-state index contributed by atoms with van der Waals surface area (Å²) in [6.07, 6.45) is 1.22. The molecule has 2 saturated heterocycles. The third-order valence-corrected chi connectivity index (χ3v) is 4.50. The minimum absolute atomic E-state index is 0.0518. The normalized spacial score (nSPS) is 25.0. The molecule has 0 spiro atoms. The predicted molar refractivity (Wildman–Crippen MR) is 83.6 cm³/mol. The van der Waals surface area contributed by atoms with E-state index in [2.05, 4.69) is 40.7 Å². The van der Waals surface area contributed by atoms with Gasteiger partial charge in [-0.1, -0.05) is 25.9 Å². The van der Waals surface area contributed by atoms with Crippen molar-refractivity contribution in [1.82, 2.24) is 19.9 Å². The molecule has 0 saturated carbocycles. The van der Waals surface area contributed by atoms with E-state index in [1.165, 1.54) is 13.0 Å². The van der Waals surface area contributed by atoms with Gasteiger partial charge in [-0.2, -0.15) is 4.98 Å². The van der Waals surface area contributed by atoms with E-state index in [1.54, 1.807) is 0 Å². The van der Waals surface area contributed by atoms with E-state index in [9.17, 15) is 0 Å². The van der Waals surface area contributed by atoms with Crippen molar-refractivity contribution in [2.45, 2.75) is 39.2 Å². The summed E-state index contributed by atoms with van der Waals surface area (Å²) in [6.45, 7) is 14.5. The van der Waals surface area contributed by atoms with Crippen molar-refractivity contribution >= 4 is 0 Å². The summed E-state index contributed by atoms with van der Waals surface area (Å²) >= 11 is 0. The number of hydrogen-bond acceptors (Lipinski definition) is 6. The van der Waals surface area contributed by atoms with E-state index in [-0.39, 0.29) is 5.41 Å². The molecule has 1 aromatic rings. The van der Waals surface area contributed by atoms with Gasteiger partial charge in [-0.15, -0.1) is 0 Å². The van der Waals surface area contributed by atoms with Crippen molar-refractivity contribution in [3.8, 4) is 0 Å². The van der Waals surface area contributed by atoms with Crippen molar-refractivity contribution in [2.75, 3.05) is 45.9 Å². The lowest BCUT2D eigenvalue weighted by Gasteiger charge is -2.35. The maximum absolute atomic E-state index is 5.46. The average Bonchev–Trinajstić information content (AvgIpc) is 3.12. The van der Waals surface area contributed by atoms with Crippen molar-refractivity contribution < 1.29 is 9.26 Å². The van der Waals surface area contributed by atoms with E-state index in [4.69, 9.17) is 9.26 Å². The Hall–Kier alpha value is -0.980. The van der Waals surface area contributed by atoms with Gasteiger partial charge in [-0.05, 0) is 12.3 Å². The topological polar surface area (TPSA) is 54.6 Å². The molecule has 0 aromatic carbocycles. The molecular weight excluding hydrogens is 280 g/mol. The first-order valence-electron chi connectivity index (χ1n) is 8.36. The third-order valence-electron chi connectivity index (χ3n) is 4.50. The van der Waals surface area contributed by atoms with Gasteiger partial charge in [0, 0.05) is 44.7 Å². The monoisotopic (exact) mass is 308 g/mol. The van der Waals surface area contributed by atoms with Gasteiger partial charge in [-0.3, -0.25) is 4.90 Å². The summed E-state index contributed by atoms with van der Waals surface area (Å²) in [5.74, 6) is 2.27. The molecule has 22 heavy (non-hydrogen) atoms. The number of ether oxygens (including phenoxy) is 1. The standard InChI is InChI=1S/C16H28N4O2/c1-16(2,3)15-17-14(22-18-15)11-20-7-5-19(6-8-20)10-13-4-9-21-12-13/h13H,4-12H2,1-3H3. The summed E-state index contributed by atoms with van der Waals surface area (Å²) in [5.41, 5.74) is -0.0518. The van der Waals surface area contributed by atoms with Crippen LogP contribution in [0.15, 0.2) is 4.52 Å². The Balaban J connectivity index is 1.44. The highest BCUT2D eigenvalue weighted by Gasteiger charge is 2.25. The van der Waals surface area contributed by atoms with Crippen LogP contribution < -0.4 is 0 Å². The van der Waals surface area contributed by atoms with Gasteiger partial charge in [-0.25, -0.2) is 0 Å². The second-order valence-electron chi connectivity index (χ2n) is 7.57. The zero-order valence-corrected chi connectivity index (χ0v) is 14.0. The van der Waals surface area contributed by atoms with Crippen LogP contribution in [0.2, 0.25) is 0 Å². The summed E-state index contributed by atoms with van der Waals surface area (Å²) in [4.78, 5) is 9.49. The molecule has 0 bridgehead atoms. The van der Waals surface area contributed by atoms with Crippen LogP contribution in [-0.2, 0) is 16.7 Å². The van der Waals surface area contributed by atoms with E-state index in [1.807, 2.05) is 0 Å². The van der Waals surface area contributed by atoms with Crippen LogP contribution in [0.5, 0.6) is 0 Å². The van der Waals surface area contributed by atoms with Gasteiger partial charge < -0.3 is 14.2 Å². The summed E-state index contributed by atoms with van der Waals surface area (Å²) in [7, 11) is 0. The van der Waals surface area contributed by atoms with E-state index in [0.29, 0.717) is 0 Å². The Morgan fingerprint density at radius 3 is 2.45 bits per heavy atom. The minimum atomic E-state index is -0.0518. The number of aromatic nitrogens is 2. The van der Waals surface area contributed by atoms with Gasteiger partial charge in [0.15, 0.2) is 5.82 Å². The number of hydrogen-bond donors (Lipinski definition) is 0. The molecule has 6 heteroatoms. The number of rotatable bonds is 4. The first-order valence-corrected chi connectivity index (χ1v) is 8.36. The average molecular weight is 308 g/mol.